The number of hydrogen-bond donors (Lipinski definition) is 2. The van der Waals surface area contributed by atoms with Gasteiger partial charge in [-0.1, -0.05) is 42.8 Å². The predicted octanol–water partition coefficient (Wildman–Crippen LogP) is 3.67. The summed E-state index contributed by atoms with van der Waals surface area (Å²) in [5.74, 6) is -0.0921. The Morgan fingerprint density at radius 2 is 1.73 bits per heavy atom. The summed E-state index contributed by atoms with van der Waals surface area (Å²) in [6.45, 7) is 7.04. The number of likely N-dealkylation sites (tertiary alicyclic amines) is 1. The molecule has 1 saturated heterocycles. The zero-order chi connectivity index (χ0) is 21.3. The van der Waals surface area contributed by atoms with E-state index in [0.717, 1.165) is 25.1 Å². The molecule has 0 unspecified atom stereocenters. The maximum absolute atomic E-state index is 12.6. The molecule has 1 atom stereocenters. The number of carbonyl (C=O) groups excluding carboxylic acids is 2. The first-order chi connectivity index (χ1) is 14.5. The Kier molecular flexibility index (Phi) is 8.03. The molecule has 3 rings (SSSR count). The molecule has 160 valence electrons. The molecule has 2 aromatic carbocycles. The summed E-state index contributed by atoms with van der Waals surface area (Å²) in [6.07, 6.45) is 4.61. The monoisotopic (exact) mass is 407 g/mol. The first-order valence-corrected chi connectivity index (χ1v) is 11.0. The molecule has 0 bridgehead atoms. The van der Waals surface area contributed by atoms with Gasteiger partial charge in [0.05, 0.1) is 0 Å². The first kappa shape index (κ1) is 22.0. The molecule has 2 N–H and O–H groups in total. The lowest BCUT2D eigenvalue weighted by Crippen LogP contribution is -2.37. The van der Waals surface area contributed by atoms with Crippen LogP contribution in [0.2, 0.25) is 0 Å². The molecule has 0 aromatic heterocycles. The molecule has 1 aliphatic heterocycles. The highest BCUT2D eigenvalue weighted by Crippen LogP contribution is 2.21. The van der Waals surface area contributed by atoms with Crippen molar-refractivity contribution in [3.05, 3.63) is 70.8 Å². The molecular formula is C25H33N3O2. The average Bonchev–Trinajstić information content (AvgIpc) is 2.75. The second-order valence-electron chi connectivity index (χ2n) is 8.20. The number of hydrogen-bond acceptors (Lipinski definition) is 3. The second kappa shape index (κ2) is 10.9. The number of benzene rings is 2. The van der Waals surface area contributed by atoms with Gasteiger partial charge in [0.1, 0.15) is 0 Å². The molecule has 1 fully saturated rings. The maximum atomic E-state index is 12.6. The Balaban J connectivity index is 1.55. The molecule has 1 heterocycles. The van der Waals surface area contributed by atoms with Crippen LogP contribution in [0.15, 0.2) is 48.5 Å². The molecule has 0 radical (unpaired) electrons. The molecule has 5 heteroatoms. The van der Waals surface area contributed by atoms with Gasteiger partial charge < -0.3 is 10.6 Å². The van der Waals surface area contributed by atoms with E-state index in [2.05, 4.69) is 40.7 Å². The van der Waals surface area contributed by atoms with E-state index in [1.165, 1.54) is 37.3 Å². The Bertz CT molecular complexity index is 848. The van der Waals surface area contributed by atoms with Crippen LogP contribution in [-0.2, 0) is 24.3 Å². The number of amides is 2. The standard InChI is InChI=1S/C25H33N3O2/c1-19-7-5-6-16-28(19)18-24-9-4-3-8-23(24)17-27-25(30)22-12-10-21(11-13-22)14-15-26-20(2)29/h3-4,8-13,19H,5-7,14-18H2,1-2H3,(H,26,29)(H,27,30)/t19-/m1/s1. The molecule has 0 spiro atoms. The molecule has 2 aromatic rings. The van der Waals surface area contributed by atoms with Crippen LogP contribution in [0.1, 0.15) is 60.2 Å². The third-order valence-corrected chi connectivity index (χ3v) is 5.88. The van der Waals surface area contributed by atoms with Gasteiger partial charge in [-0.25, -0.2) is 0 Å². The molecule has 5 nitrogen and oxygen atoms in total. The summed E-state index contributed by atoms with van der Waals surface area (Å²) in [7, 11) is 0. The number of nitrogens with zero attached hydrogens (tertiary/aromatic N) is 1. The van der Waals surface area contributed by atoms with E-state index < -0.39 is 0 Å². The Morgan fingerprint density at radius 1 is 1.00 bits per heavy atom. The normalized spacial score (nSPS) is 16.8. The average molecular weight is 408 g/mol. The summed E-state index contributed by atoms with van der Waals surface area (Å²) in [4.78, 5) is 26.1. The minimum atomic E-state index is -0.0652. The zero-order valence-corrected chi connectivity index (χ0v) is 18.1. The summed E-state index contributed by atoms with van der Waals surface area (Å²) >= 11 is 0. The predicted molar refractivity (Wildman–Crippen MR) is 120 cm³/mol. The number of rotatable bonds is 8. The van der Waals surface area contributed by atoms with Crippen molar-refractivity contribution in [1.82, 2.24) is 15.5 Å². The van der Waals surface area contributed by atoms with Gasteiger partial charge in [0.15, 0.2) is 0 Å². The second-order valence-corrected chi connectivity index (χ2v) is 8.20. The fourth-order valence-corrected chi connectivity index (χ4v) is 3.98. The van der Waals surface area contributed by atoms with E-state index in [1.54, 1.807) is 0 Å². The summed E-state index contributed by atoms with van der Waals surface area (Å²) in [5, 5.41) is 5.85. The Labute approximate surface area is 179 Å². The van der Waals surface area contributed by atoms with Crippen molar-refractivity contribution in [2.24, 2.45) is 0 Å². The van der Waals surface area contributed by atoms with Crippen LogP contribution >= 0.6 is 0 Å². The van der Waals surface area contributed by atoms with Crippen molar-refractivity contribution < 1.29 is 9.59 Å². The molecule has 1 aliphatic rings. The topological polar surface area (TPSA) is 61.4 Å². The van der Waals surface area contributed by atoms with Gasteiger partial charge in [-0.15, -0.1) is 0 Å². The van der Waals surface area contributed by atoms with E-state index in [9.17, 15) is 9.59 Å². The van der Waals surface area contributed by atoms with Crippen molar-refractivity contribution in [2.45, 2.75) is 58.7 Å². The van der Waals surface area contributed by atoms with E-state index in [-0.39, 0.29) is 11.8 Å². The molecule has 0 saturated carbocycles. The van der Waals surface area contributed by atoms with Gasteiger partial charge in [-0.2, -0.15) is 0 Å². The Morgan fingerprint density at radius 3 is 2.43 bits per heavy atom. The van der Waals surface area contributed by atoms with Gasteiger partial charge in [-0.05, 0) is 61.6 Å². The number of piperidine rings is 1. The van der Waals surface area contributed by atoms with Gasteiger partial charge >= 0.3 is 0 Å². The molecule has 0 aliphatic carbocycles. The SMILES string of the molecule is CC(=O)NCCc1ccc(C(=O)NCc2ccccc2CN2CCCC[C@H]2C)cc1. The summed E-state index contributed by atoms with van der Waals surface area (Å²) < 4.78 is 0. The van der Waals surface area contributed by atoms with Gasteiger partial charge in [0.25, 0.3) is 5.91 Å². The maximum Gasteiger partial charge on any atom is 0.251 e. The Hall–Kier alpha value is -2.66. The van der Waals surface area contributed by atoms with E-state index in [4.69, 9.17) is 0 Å². The quantitative estimate of drug-likeness (QED) is 0.702. The summed E-state index contributed by atoms with van der Waals surface area (Å²) in [5.41, 5.74) is 4.22. The third-order valence-electron chi connectivity index (χ3n) is 5.88. The highest BCUT2D eigenvalue weighted by molar-refractivity contribution is 5.94. The van der Waals surface area contributed by atoms with Crippen LogP contribution in [-0.4, -0.2) is 35.8 Å². The molecule has 2 amide bonds. The molecular weight excluding hydrogens is 374 g/mol. The van der Waals surface area contributed by atoms with Crippen molar-refractivity contribution in [3.63, 3.8) is 0 Å². The van der Waals surface area contributed by atoms with E-state index in [1.807, 2.05) is 30.3 Å². The zero-order valence-electron chi connectivity index (χ0n) is 18.1. The van der Waals surface area contributed by atoms with E-state index in [0.29, 0.717) is 24.7 Å². The smallest absolute Gasteiger partial charge is 0.251 e. The number of carbonyl (C=O) groups is 2. The lowest BCUT2D eigenvalue weighted by Gasteiger charge is -2.33. The lowest BCUT2D eigenvalue weighted by atomic mass is 10.0. The summed E-state index contributed by atoms with van der Waals surface area (Å²) in [6, 6.07) is 16.6. The van der Waals surface area contributed by atoms with Crippen molar-refractivity contribution >= 4 is 11.8 Å². The molecule has 30 heavy (non-hydrogen) atoms. The first-order valence-electron chi connectivity index (χ1n) is 11.0. The number of nitrogens with one attached hydrogen (secondary N) is 2. The van der Waals surface area contributed by atoms with Crippen molar-refractivity contribution in [1.29, 1.82) is 0 Å². The van der Waals surface area contributed by atoms with Crippen LogP contribution in [0.4, 0.5) is 0 Å². The lowest BCUT2D eigenvalue weighted by molar-refractivity contribution is -0.118. The highest BCUT2D eigenvalue weighted by Gasteiger charge is 2.19. The third kappa shape index (κ3) is 6.42. The van der Waals surface area contributed by atoms with Crippen LogP contribution in [0, 0.1) is 0 Å². The van der Waals surface area contributed by atoms with Crippen LogP contribution in [0.25, 0.3) is 0 Å². The van der Waals surface area contributed by atoms with Gasteiger partial charge in [-0.3, -0.25) is 14.5 Å². The van der Waals surface area contributed by atoms with Crippen LogP contribution < -0.4 is 10.6 Å². The van der Waals surface area contributed by atoms with Gasteiger partial charge in [0.2, 0.25) is 5.91 Å². The van der Waals surface area contributed by atoms with Crippen molar-refractivity contribution in [2.75, 3.05) is 13.1 Å². The van der Waals surface area contributed by atoms with Crippen LogP contribution in [0.5, 0.6) is 0 Å². The fraction of sp³-hybridized carbons (Fsp3) is 0.440. The van der Waals surface area contributed by atoms with E-state index >= 15 is 0 Å². The minimum Gasteiger partial charge on any atom is -0.356 e. The van der Waals surface area contributed by atoms with Crippen LogP contribution in [0.3, 0.4) is 0 Å². The largest absolute Gasteiger partial charge is 0.356 e. The minimum absolute atomic E-state index is 0.0268. The fourth-order valence-electron chi connectivity index (χ4n) is 3.98. The van der Waals surface area contributed by atoms with Crippen molar-refractivity contribution in [3.8, 4) is 0 Å². The highest BCUT2D eigenvalue weighted by atomic mass is 16.2. The van der Waals surface area contributed by atoms with Gasteiger partial charge in [0, 0.05) is 38.2 Å².